The van der Waals surface area contributed by atoms with Crippen LogP contribution in [0.4, 0.5) is 5.82 Å². The van der Waals surface area contributed by atoms with Crippen molar-refractivity contribution >= 4 is 5.82 Å². The normalized spacial score (nSPS) is 24.9. The van der Waals surface area contributed by atoms with Crippen LogP contribution in [-0.2, 0) is 0 Å². The van der Waals surface area contributed by atoms with Crippen LogP contribution in [0.3, 0.4) is 0 Å². The Kier molecular flexibility index (Phi) is 3.74. The zero-order valence-corrected chi connectivity index (χ0v) is 12.2. The van der Waals surface area contributed by atoms with E-state index >= 15 is 0 Å². The molecule has 2 fully saturated rings. The topological polar surface area (TPSA) is 19.4 Å². The first-order chi connectivity index (χ1) is 9.25. The van der Waals surface area contributed by atoms with Crippen LogP contribution in [-0.4, -0.2) is 36.6 Å². The lowest BCUT2D eigenvalue weighted by molar-refractivity contribution is 0.316. The van der Waals surface area contributed by atoms with E-state index in [0.29, 0.717) is 6.04 Å². The van der Waals surface area contributed by atoms with Gasteiger partial charge in [0.25, 0.3) is 0 Å². The van der Waals surface area contributed by atoms with Crippen LogP contribution in [0.2, 0.25) is 0 Å². The zero-order valence-electron chi connectivity index (χ0n) is 12.2. The van der Waals surface area contributed by atoms with Gasteiger partial charge in [-0.3, -0.25) is 4.90 Å². The van der Waals surface area contributed by atoms with Crippen LogP contribution >= 0.6 is 0 Å². The van der Waals surface area contributed by atoms with E-state index in [-0.39, 0.29) is 0 Å². The molecule has 2 aliphatic rings. The van der Waals surface area contributed by atoms with Gasteiger partial charge in [-0.1, -0.05) is 6.07 Å². The maximum absolute atomic E-state index is 4.88. The Morgan fingerprint density at radius 2 is 1.84 bits per heavy atom. The Morgan fingerprint density at radius 3 is 2.47 bits per heavy atom. The molecule has 3 rings (SSSR count). The second-order valence-electron chi connectivity index (χ2n) is 6.03. The van der Waals surface area contributed by atoms with Crippen molar-refractivity contribution in [1.82, 2.24) is 9.88 Å². The molecular weight excluding hydrogens is 234 g/mol. The lowest BCUT2D eigenvalue weighted by Gasteiger charge is -2.29. The Hall–Kier alpha value is -1.09. The molecule has 3 nitrogen and oxygen atoms in total. The highest BCUT2D eigenvalue weighted by atomic mass is 15.2. The molecule has 0 spiro atoms. The highest BCUT2D eigenvalue weighted by molar-refractivity contribution is 5.43. The molecule has 0 radical (unpaired) electrons. The maximum atomic E-state index is 4.88. The van der Waals surface area contributed by atoms with Gasteiger partial charge >= 0.3 is 0 Å². The molecule has 0 aromatic carbocycles. The molecule has 3 heterocycles. The SMILES string of the molecule is Cc1nc(N2CCCCC2)ccc1[C@H]1CCCN1C. The van der Waals surface area contributed by atoms with Crippen LogP contribution in [0.5, 0.6) is 0 Å². The molecule has 1 atom stereocenters. The average Bonchev–Trinajstić information content (AvgIpc) is 2.86. The van der Waals surface area contributed by atoms with Crippen LogP contribution in [0, 0.1) is 6.92 Å². The minimum atomic E-state index is 0.586. The third-order valence-corrected chi connectivity index (χ3v) is 4.67. The number of likely N-dealkylation sites (tertiary alicyclic amines) is 1. The molecule has 0 N–H and O–H groups in total. The summed E-state index contributed by atoms with van der Waals surface area (Å²) < 4.78 is 0. The Morgan fingerprint density at radius 1 is 1.05 bits per heavy atom. The highest BCUT2D eigenvalue weighted by Crippen LogP contribution is 2.32. The van der Waals surface area contributed by atoms with Crippen molar-refractivity contribution in [3.63, 3.8) is 0 Å². The molecule has 0 amide bonds. The van der Waals surface area contributed by atoms with Gasteiger partial charge in [-0.05, 0) is 64.3 Å². The first kappa shape index (κ1) is 12.9. The smallest absolute Gasteiger partial charge is 0.128 e. The monoisotopic (exact) mass is 259 g/mol. The van der Waals surface area contributed by atoms with Gasteiger partial charge in [-0.25, -0.2) is 4.98 Å². The lowest BCUT2D eigenvalue weighted by atomic mass is 10.0. The predicted molar refractivity (Wildman–Crippen MR) is 79.6 cm³/mol. The molecule has 0 unspecified atom stereocenters. The van der Waals surface area contributed by atoms with Crippen LogP contribution < -0.4 is 4.90 Å². The van der Waals surface area contributed by atoms with Gasteiger partial charge in [0.15, 0.2) is 0 Å². The van der Waals surface area contributed by atoms with Crippen molar-refractivity contribution in [3.8, 4) is 0 Å². The second-order valence-corrected chi connectivity index (χ2v) is 6.03. The summed E-state index contributed by atoms with van der Waals surface area (Å²) in [5, 5.41) is 0. The lowest BCUT2D eigenvalue weighted by Crippen LogP contribution is -2.30. The van der Waals surface area contributed by atoms with Crippen molar-refractivity contribution in [3.05, 3.63) is 23.4 Å². The highest BCUT2D eigenvalue weighted by Gasteiger charge is 2.24. The number of anilines is 1. The standard InChI is InChI=1S/C16H25N3/c1-13-14(15-7-6-10-18(15)2)8-9-16(17-13)19-11-4-3-5-12-19/h8-9,15H,3-7,10-12H2,1-2H3/t15-/m1/s1. The summed E-state index contributed by atoms with van der Waals surface area (Å²) in [6, 6.07) is 5.14. The average molecular weight is 259 g/mol. The molecule has 0 aliphatic carbocycles. The summed E-state index contributed by atoms with van der Waals surface area (Å²) in [5.74, 6) is 1.18. The number of pyridine rings is 1. The molecule has 19 heavy (non-hydrogen) atoms. The third-order valence-electron chi connectivity index (χ3n) is 4.67. The van der Waals surface area contributed by atoms with Crippen molar-refractivity contribution in [2.75, 3.05) is 31.6 Å². The number of hydrogen-bond acceptors (Lipinski definition) is 3. The Balaban J connectivity index is 1.81. The summed E-state index contributed by atoms with van der Waals surface area (Å²) in [4.78, 5) is 9.78. The van der Waals surface area contributed by atoms with Crippen LogP contribution in [0.25, 0.3) is 0 Å². The van der Waals surface area contributed by atoms with Gasteiger partial charge in [0.2, 0.25) is 0 Å². The van der Waals surface area contributed by atoms with Gasteiger partial charge in [-0.15, -0.1) is 0 Å². The van der Waals surface area contributed by atoms with Gasteiger partial charge in [0.1, 0.15) is 5.82 Å². The van der Waals surface area contributed by atoms with Gasteiger partial charge < -0.3 is 4.90 Å². The van der Waals surface area contributed by atoms with Crippen molar-refractivity contribution in [2.45, 2.75) is 45.1 Å². The van der Waals surface area contributed by atoms with E-state index in [2.05, 4.69) is 35.9 Å². The third kappa shape index (κ3) is 2.62. The fourth-order valence-corrected chi connectivity index (χ4v) is 3.51. The minimum Gasteiger partial charge on any atom is -0.357 e. The van der Waals surface area contributed by atoms with Gasteiger partial charge in [-0.2, -0.15) is 0 Å². The van der Waals surface area contributed by atoms with E-state index in [9.17, 15) is 0 Å². The summed E-state index contributed by atoms with van der Waals surface area (Å²) in [6.45, 7) is 5.75. The number of aromatic nitrogens is 1. The first-order valence-electron chi connectivity index (χ1n) is 7.68. The number of nitrogens with zero attached hydrogens (tertiary/aromatic N) is 3. The number of rotatable bonds is 2. The minimum absolute atomic E-state index is 0.586. The van der Waals surface area contributed by atoms with Crippen LogP contribution in [0.15, 0.2) is 12.1 Å². The van der Waals surface area contributed by atoms with Crippen molar-refractivity contribution in [2.24, 2.45) is 0 Å². The Bertz CT molecular complexity index is 438. The van der Waals surface area contributed by atoms with Gasteiger partial charge in [0, 0.05) is 24.8 Å². The van der Waals surface area contributed by atoms with E-state index in [1.165, 1.54) is 68.8 Å². The summed E-state index contributed by atoms with van der Waals surface area (Å²) in [5.41, 5.74) is 2.66. The van der Waals surface area contributed by atoms with Crippen molar-refractivity contribution in [1.29, 1.82) is 0 Å². The molecule has 3 heteroatoms. The van der Waals surface area contributed by atoms with E-state index < -0.39 is 0 Å². The molecule has 0 saturated carbocycles. The van der Waals surface area contributed by atoms with E-state index in [4.69, 9.17) is 4.98 Å². The second kappa shape index (κ2) is 5.49. The maximum Gasteiger partial charge on any atom is 0.128 e. The molecule has 104 valence electrons. The zero-order chi connectivity index (χ0) is 13.2. The summed E-state index contributed by atoms with van der Waals surface area (Å²) >= 11 is 0. The molecule has 1 aromatic rings. The molecular formula is C16H25N3. The first-order valence-corrected chi connectivity index (χ1v) is 7.68. The molecule has 1 aromatic heterocycles. The number of piperidine rings is 1. The van der Waals surface area contributed by atoms with E-state index in [0.717, 1.165) is 0 Å². The largest absolute Gasteiger partial charge is 0.357 e. The number of hydrogen-bond donors (Lipinski definition) is 0. The number of aryl methyl sites for hydroxylation is 1. The van der Waals surface area contributed by atoms with Gasteiger partial charge in [0.05, 0.1) is 0 Å². The molecule has 2 saturated heterocycles. The Labute approximate surface area is 116 Å². The summed E-state index contributed by atoms with van der Waals surface area (Å²) in [7, 11) is 2.23. The fourth-order valence-electron chi connectivity index (χ4n) is 3.51. The fraction of sp³-hybridized carbons (Fsp3) is 0.688. The summed E-state index contributed by atoms with van der Waals surface area (Å²) in [6.07, 6.45) is 6.60. The quantitative estimate of drug-likeness (QED) is 0.813. The van der Waals surface area contributed by atoms with Crippen molar-refractivity contribution < 1.29 is 0 Å². The predicted octanol–water partition coefficient (Wildman–Crippen LogP) is 3.15. The molecule has 0 bridgehead atoms. The van der Waals surface area contributed by atoms with E-state index in [1.807, 2.05) is 0 Å². The molecule has 2 aliphatic heterocycles. The van der Waals surface area contributed by atoms with E-state index in [1.54, 1.807) is 0 Å². The van der Waals surface area contributed by atoms with Crippen LogP contribution in [0.1, 0.15) is 49.4 Å².